The predicted octanol–water partition coefficient (Wildman–Crippen LogP) is 2.27. The fourth-order valence-corrected chi connectivity index (χ4v) is 1.81. The van der Waals surface area contributed by atoms with Crippen LogP contribution in [0.2, 0.25) is 0 Å². The molecule has 0 saturated heterocycles. The van der Waals surface area contributed by atoms with Gasteiger partial charge in [0.25, 0.3) is 0 Å². The van der Waals surface area contributed by atoms with E-state index in [1.165, 1.54) is 0 Å². The molecule has 4 nitrogen and oxygen atoms in total. The van der Waals surface area contributed by atoms with E-state index in [4.69, 9.17) is 18.0 Å². The molecule has 1 heterocycles. The van der Waals surface area contributed by atoms with Crippen LogP contribution in [0.4, 0.5) is 5.95 Å². The highest BCUT2D eigenvalue weighted by molar-refractivity contribution is 9.10. The van der Waals surface area contributed by atoms with Crippen LogP contribution in [0, 0.1) is 4.77 Å². The number of aromatic amines is 1. The zero-order valence-electron chi connectivity index (χ0n) is 7.07. The monoisotopic (exact) mass is 270 g/mol. The van der Waals surface area contributed by atoms with Gasteiger partial charge < -0.3 is 5.73 Å². The second-order valence-corrected chi connectivity index (χ2v) is 4.00. The van der Waals surface area contributed by atoms with Gasteiger partial charge in [-0.3, -0.25) is 4.57 Å². The summed E-state index contributed by atoms with van der Waals surface area (Å²) in [7, 11) is 0. The van der Waals surface area contributed by atoms with Crippen molar-refractivity contribution in [1.82, 2.24) is 14.8 Å². The highest BCUT2D eigenvalue weighted by atomic mass is 79.9. The Balaban J connectivity index is 2.66. The average molecular weight is 271 g/mol. The van der Waals surface area contributed by atoms with Crippen LogP contribution < -0.4 is 5.73 Å². The average Bonchev–Trinajstić information content (AvgIpc) is 2.46. The molecule has 2 aromatic rings. The van der Waals surface area contributed by atoms with E-state index in [-0.39, 0.29) is 0 Å². The molecule has 0 aliphatic rings. The van der Waals surface area contributed by atoms with E-state index in [0.717, 1.165) is 10.2 Å². The van der Waals surface area contributed by atoms with Crippen LogP contribution in [0.5, 0.6) is 0 Å². The number of halogens is 1. The highest BCUT2D eigenvalue weighted by Crippen LogP contribution is 2.17. The molecule has 0 atom stereocenters. The Labute approximate surface area is 93.9 Å². The van der Waals surface area contributed by atoms with Crippen molar-refractivity contribution in [3.05, 3.63) is 33.5 Å². The Morgan fingerprint density at radius 3 is 2.86 bits per heavy atom. The first-order chi connectivity index (χ1) is 6.68. The molecule has 0 spiro atoms. The Morgan fingerprint density at radius 2 is 2.29 bits per heavy atom. The molecule has 14 heavy (non-hydrogen) atoms. The Bertz CT molecular complexity index is 516. The number of aromatic nitrogens is 3. The number of benzene rings is 1. The minimum Gasteiger partial charge on any atom is -0.368 e. The summed E-state index contributed by atoms with van der Waals surface area (Å²) in [6, 6.07) is 7.67. The molecule has 72 valence electrons. The third-order valence-electron chi connectivity index (χ3n) is 1.76. The van der Waals surface area contributed by atoms with E-state index in [0.29, 0.717) is 10.7 Å². The molecule has 1 aromatic heterocycles. The summed E-state index contributed by atoms with van der Waals surface area (Å²) in [5, 5.41) is 6.46. The van der Waals surface area contributed by atoms with Crippen LogP contribution in [0.15, 0.2) is 28.7 Å². The van der Waals surface area contributed by atoms with Crippen molar-refractivity contribution in [2.45, 2.75) is 0 Å². The van der Waals surface area contributed by atoms with E-state index in [1.807, 2.05) is 24.3 Å². The van der Waals surface area contributed by atoms with Gasteiger partial charge in [0.05, 0.1) is 5.69 Å². The molecule has 0 fully saturated rings. The van der Waals surface area contributed by atoms with Gasteiger partial charge in [0.15, 0.2) is 0 Å². The molecule has 3 N–H and O–H groups in total. The molecule has 1 aromatic carbocycles. The van der Waals surface area contributed by atoms with Gasteiger partial charge in [-0.2, -0.15) is 0 Å². The summed E-state index contributed by atoms with van der Waals surface area (Å²) in [5.74, 6) is 0.355. The fourth-order valence-electron chi connectivity index (χ4n) is 1.17. The largest absolute Gasteiger partial charge is 0.368 e. The van der Waals surface area contributed by atoms with Crippen molar-refractivity contribution >= 4 is 34.1 Å². The maximum Gasteiger partial charge on any atom is 0.225 e. The fraction of sp³-hybridized carbons (Fsp3) is 0. The molecule has 0 radical (unpaired) electrons. The first-order valence-corrected chi connectivity index (χ1v) is 5.07. The third-order valence-corrected chi connectivity index (χ3v) is 2.53. The first kappa shape index (κ1) is 9.42. The van der Waals surface area contributed by atoms with E-state index >= 15 is 0 Å². The van der Waals surface area contributed by atoms with E-state index in [2.05, 4.69) is 26.1 Å². The van der Waals surface area contributed by atoms with Crippen molar-refractivity contribution in [3.63, 3.8) is 0 Å². The molecule has 2 rings (SSSR count). The Morgan fingerprint density at radius 1 is 1.50 bits per heavy atom. The summed E-state index contributed by atoms with van der Waals surface area (Å²) in [6.07, 6.45) is 0. The zero-order valence-corrected chi connectivity index (χ0v) is 9.47. The van der Waals surface area contributed by atoms with Crippen molar-refractivity contribution in [1.29, 1.82) is 0 Å². The number of nitrogens with zero attached hydrogens (tertiary/aromatic N) is 2. The molecule has 0 bridgehead atoms. The van der Waals surface area contributed by atoms with Crippen LogP contribution >= 0.6 is 28.1 Å². The zero-order chi connectivity index (χ0) is 10.1. The van der Waals surface area contributed by atoms with Crippen LogP contribution in [0.25, 0.3) is 5.69 Å². The summed E-state index contributed by atoms with van der Waals surface area (Å²) in [4.78, 5) is 0. The number of nitrogens with two attached hydrogens (primary N) is 1. The summed E-state index contributed by atoms with van der Waals surface area (Å²) in [6.45, 7) is 0. The second kappa shape index (κ2) is 3.55. The normalized spacial score (nSPS) is 10.4. The van der Waals surface area contributed by atoms with Crippen molar-refractivity contribution in [2.24, 2.45) is 0 Å². The number of rotatable bonds is 1. The Hall–Kier alpha value is -1.14. The highest BCUT2D eigenvalue weighted by Gasteiger charge is 2.03. The molecule has 6 heteroatoms. The molecule has 0 aliphatic carbocycles. The smallest absolute Gasteiger partial charge is 0.225 e. The lowest BCUT2D eigenvalue weighted by molar-refractivity contribution is 1.04. The van der Waals surface area contributed by atoms with Crippen LogP contribution in [-0.2, 0) is 0 Å². The summed E-state index contributed by atoms with van der Waals surface area (Å²) in [5.41, 5.74) is 6.55. The van der Waals surface area contributed by atoms with Gasteiger partial charge in [-0.25, -0.2) is 5.10 Å². The maximum atomic E-state index is 5.66. The van der Waals surface area contributed by atoms with Gasteiger partial charge in [0, 0.05) is 4.47 Å². The number of nitrogens with one attached hydrogen (secondary N) is 1. The lowest BCUT2D eigenvalue weighted by Crippen LogP contribution is -2.00. The van der Waals surface area contributed by atoms with E-state index in [1.54, 1.807) is 4.57 Å². The molecular weight excluding hydrogens is 264 g/mol. The first-order valence-electron chi connectivity index (χ1n) is 3.87. The van der Waals surface area contributed by atoms with Gasteiger partial charge in [0.1, 0.15) is 0 Å². The second-order valence-electron chi connectivity index (χ2n) is 2.70. The van der Waals surface area contributed by atoms with Gasteiger partial charge in [-0.1, -0.05) is 22.0 Å². The lowest BCUT2D eigenvalue weighted by Gasteiger charge is -2.03. The van der Waals surface area contributed by atoms with Crippen LogP contribution in [0.1, 0.15) is 0 Å². The standard InChI is InChI=1S/C8H7BrN4S/c9-5-2-1-3-6(4-5)13-7(10)11-12-8(13)14/h1-4H,(H2,10,11)(H,12,14). The van der Waals surface area contributed by atoms with Gasteiger partial charge in [-0.15, -0.1) is 5.10 Å². The number of H-pyrrole nitrogens is 1. The number of anilines is 1. The molecule has 0 amide bonds. The van der Waals surface area contributed by atoms with E-state index in [9.17, 15) is 0 Å². The van der Waals surface area contributed by atoms with Gasteiger partial charge in [0.2, 0.25) is 10.7 Å². The SMILES string of the molecule is Nc1n[nH]c(=S)n1-c1cccc(Br)c1. The predicted molar refractivity (Wildman–Crippen MR) is 60.9 cm³/mol. The van der Waals surface area contributed by atoms with Crippen molar-refractivity contribution in [3.8, 4) is 5.69 Å². The summed E-state index contributed by atoms with van der Waals surface area (Å²) < 4.78 is 3.12. The van der Waals surface area contributed by atoms with Crippen LogP contribution in [-0.4, -0.2) is 14.8 Å². The third kappa shape index (κ3) is 1.58. The van der Waals surface area contributed by atoms with Gasteiger partial charge in [-0.05, 0) is 30.4 Å². The minimum absolute atomic E-state index is 0.355. The Kier molecular flexibility index (Phi) is 2.39. The number of hydrogen-bond acceptors (Lipinski definition) is 3. The van der Waals surface area contributed by atoms with E-state index < -0.39 is 0 Å². The number of hydrogen-bond donors (Lipinski definition) is 2. The lowest BCUT2D eigenvalue weighted by atomic mass is 10.3. The quantitative estimate of drug-likeness (QED) is 0.782. The molecule has 0 unspecified atom stereocenters. The molecule has 0 aliphatic heterocycles. The van der Waals surface area contributed by atoms with Gasteiger partial charge >= 0.3 is 0 Å². The minimum atomic E-state index is 0.355. The maximum absolute atomic E-state index is 5.66. The number of nitrogen functional groups attached to an aromatic ring is 1. The topological polar surface area (TPSA) is 59.6 Å². The summed E-state index contributed by atoms with van der Waals surface area (Å²) >= 11 is 8.43. The van der Waals surface area contributed by atoms with Crippen LogP contribution in [0.3, 0.4) is 0 Å². The molecule has 0 saturated carbocycles. The molecular formula is C8H7BrN4S. The van der Waals surface area contributed by atoms with Crippen molar-refractivity contribution < 1.29 is 0 Å². The van der Waals surface area contributed by atoms with Crippen molar-refractivity contribution in [2.75, 3.05) is 5.73 Å².